The summed E-state index contributed by atoms with van der Waals surface area (Å²) in [6.45, 7) is 2.06. The molecule has 2 aromatic rings. The molecule has 29 heavy (non-hydrogen) atoms. The maximum absolute atomic E-state index is 12.7. The van der Waals surface area contributed by atoms with Gasteiger partial charge in [-0.1, -0.05) is 29.4 Å². The molecule has 0 bridgehead atoms. The Labute approximate surface area is 164 Å². The number of nitrogens with zero attached hydrogens (tertiary/aromatic N) is 4. The minimum Gasteiger partial charge on any atom is -0.331 e. The summed E-state index contributed by atoms with van der Waals surface area (Å²) in [4.78, 5) is 34.5. The molecule has 1 fully saturated rings. The third-order valence-corrected chi connectivity index (χ3v) is 4.62. The molecule has 1 aromatic carbocycles. The molecule has 0 saturated carbocycles. The fraction of sp³-hybridized carbons (Fsp3) is 0.444. The third-order valence-electron chi connectivity index (χ3n) is 4.62. The minimum absolute atomic E-state index is 0.109. The molecule has 1 atom stereocenters. The predicted octanol–water partition coefficient (Wildman–Crippen LogP) is 2.66. The molecule has 3 rings (SSSR count). The van der Waals surface area contributed by atoms with Gasteiger partial charge >= 0.3 is 12.1 Å². The molecule has 1 saturated heterocycles. The Hall–Kier alpha value is -2.95. The van der Waals surface area contributed by atoms with Gasteiger partial charge in [0.25, 0.3) is 5.91 Å². The zero-order chi connectivity index (χ0) is 21.2. The van der Waals surface area contributed by atoms with Gasteiger partial charge in [0.2, 0.25) is 11.7 Å². The van der Waals surface area contributed by atoms with E-state index in [0.717, 1.165) is 11.5 Å². The summed E-state index contributed by atoms with van der Waals surface area (Å²) in [6.07, 6.45) is -3.40. The van der Waals surface area contributed by atoms with Crippen LogP contribution in [0.4, 0.5) is 13.2 Å². The molecule has 2 heterocycles. The molecule has 8 nitrogen and oxygen atoms in total. The lowest BCUT2D eigenvalue weighted by Crippen LogP contribution is -2.46. The van der Waals surface area contributed by atoms with Crippen molar-refractivity contribution in [1.29, 1.82) is 0 Å². The van der Waals surface area contributed by atoms with Crippen molar-refractivity contribution in [2.45, 2.75) is 38.5 Å². The average Bonchev–Trinajstić information content (AvgIpc) is 3.35. The lowest BCUT2D eigenvalue weighted by atomic mass is 10.1. The van der Waals surface area contributed by atoms with Crippen LogP contribution in [0.2, 0.25) is 0 Å². The number of amides is 2. The number of carbonyl (C=O) groups is 2. The first-order valence-electron chi connectivity index (χ1n) is 8.83. The van der Waals surface area contributed by atoms with Gasteiger partial charge in [0, 0.05) is 19.0 Å². The monoisotopic (exact) mass is 412 g/mol. The van der Waals surface area contributed by atoms with Crippen LogP contribution in [0.25, 0.3) is 11.4 Å². The van der Waals surface area contributed by atoms with Gasteiger partial charge < -0.3 is 9.42 Å². The van der Waals surface area contributed by atoms with Gasteiger partial charge in [-0.3, -0.25) is 14.4 Å². The number of hydrogen-bond acceptors (Lipinski definition) is 6. The highest BCUT2D eigenvalue weighted by Crippen LogP contribution is 2.29. The van der Waals surface area contributed by atoms with E-state index in [2.05, 4.69) is 14.7 Å². The largest absolute Gasteiger partial charge is 0.471 e. The number of alkyl halides is 3. The fourth-order valence-corrected chi connectivity index (χ4v) is 3.18. The lowest BCUT2D eigenvalue weighted by molar-refractivity contribution is -0.185. The number of rotatable bonds is 5. The zero-order valence-corrected chi connectivity index (χ0v) is 15.8. The predicted molar refractivity (Wildman–Crippen MR) is 92.7 cm³/mol. The smallest absolute Gasteiger partial charge is 0.331 e. The number of hydroxylamine groups is 2. The van der Waals surface area contributed by atoms with Crippen molar-refractivity contribution < 1.29 is 32.1 Å². The van der Waals surface area contributed by atoms with Crippen LogP contribution in [0.15, 0.2) is 28.8 Å². The van der Waals surface area contributed by atoms with E-state index in [1.165, 1.54) is 31.1 Å². The van der Waals surface area contributed by atoms with Crippen LogP contribution in [-0.4, -0.2) is 51.6 Å². The number of hydrogen-bond donors (Lipinski definition) is 0. The van der Waals surface area contributed by atoms with E-state index in [4.69, 9.17) is 4.84 Å². The van der Waals surface area contributed by atoms with Crippen molar-refractivity contribution in [2.24, 2.45) is 0 Å². The van der Waals surface area contributed by atoms with Gasteiger partial charge in [-0.05, 0) is 18.4 Å². The fourth-order valence-electron chi connectivity index (χ4n) is 3.18. The van der Waals surface area contributed by atoms with Gasteiger partial charge in [-0.2, -0.15) is 18.2 Å². The molecule has 1 unspecified atom stereocenters. The SMILES string of the molecule is CON(Cc1ccc(-c2noc(C(F)(F)F)n2)cc1)C(=O)C1CCCN1C(C)=O. The van der Waals surface area contributed by atoms with Crippen LogP contribution < -0.4 is 0 Å². The number of likely N-dealkylation sites (tertiary alicyclic amines) is 1. The van der Waals surface area contributed by atoms with Crippen LogP contribution in [-0.2, 0) is 27.1 Å². The first-order chi connectivity index (χ1) is 13.7. The Morgan fingerprint density at radius 1 is 1.31 bits per heavy atom. The van der Waals surface area contributed by atoms with Gasteiger partial charge in [-0.15, -0.1) is 0 Å². The summed E-state index contributed by atoms with van der Waals surface area (Å²) in [5, 5.41) is 4.50. The van der Waals surface area contributed by atoms with Crippen LogP contribution in [0.5, 0.6) is 0 Å². The standard InChI is InChI=1S/C18H19F3N4O4/c1-11(26)24-9-3-4-14(24)16(27)25(28-2)10-12-5-7-13(8-6-12)15-22-17(29-23-15)18(19,20)21/h5-8,14H,3-4,9-10H2,1-2H3. The second-order valence-electron chi connectivity index (χ2n) is 6.55. The molecular formula is C18H19F3N4O4. The Bertz CT molecular complexity index is 882. The maximum Gasteiger partial charge on any atom is 0.471 e. The summed E-state index contributed by atoms with van der Waals surface area (Å²) in [5.41, 5.74) is 1.01. The van der Waals surface area contributed by atoms with Gasteiger partial charge in [0.1, 0.15) is 6.04 Å². The van der Waals surface area contributed by atoms with E-state index in [1.807, 2.05) is 0 Å². The van der Waals surface area contributed by atoms with Gasteiger partial charge in [0.15, 0.2) is 0 Å². The molecule has 0 radical (unpaired) electrons. The van der Waals surface area contributed by atoms with Crippen LogP contribution in [0, 0.1) is 0 Å². The van der Waals surface area contributed by atoms with Gasteiger partial charge in [-0.25, -0.2) is 5.06 Å². The highest BCUT2D eigenvalue weighted by Gasteiger charge is 2.38. The highest BCUT2D eigenvalue weighted by molar-refractivity contribution is 5.86. The molecule has 1 aliphatic heterocycles. The molecule has 1 aromatic heterocycles. The maximum atomic E-state index is 12.7. The van der Waals surface area contributed by atoms with Crippen molar-refractivity contribution in [3.63, 3.8) is 0 Å². The summed E-state index contributed by atoms with van der Waals surface area (Å²) in [5.74, 6) is -2.09. The molecule has 11 heteroatoms. The van der Waals surface area contributed by atoms with Gasteiger partial charge in [0.05, 0.1) is 13.7 Å². The van der Waals surface area contributed by atoms with Crippen LogP contribution in [0.3, 0.4) is 0 Å². The summed E-state index contributed by atoms with van der Waals surface area (Å²) in [7, 11) is 1.36. The molecule has 0 aliphatic carbocycles. The Balaban J connectivity index is 1.70. The molecular weight excluding hydrogens is 393 g/mol. The first kappa shape index (κ1) is 20.8. The van der Waals surface area contributed by atoms with E-state index >= 15 is 0 Å². The van der Waals surface area contributed by atoms with Crippen molar-refractivity contribution in [3.05, 3.63) is 35.7 Å². The minimum atomic E-state index is -4.71. The Morgan fingerprint density at radius 2 is 2.00 bits per heavy atom. The van der Waals surface area contributed by atoms with Crippen LogP contribution >= 0.6 is 0 Å². The second kappa shape index (κ2) is 8.19. The number of benzene rings is 1. The number of carbonyl (C=O) groups excluding carboxylic acids is 2. The first-order valence-corrected chi connectivity index (χ1v) is 8.83. The normalized spacial score (nSPS) is 16.9. The Morgan fingerprint density at radius 3 is 2.55 bits per heavy atom. The van der Waals surface area contributed by atoms with Crippen molar-refractivity contribution >= 4 is 11.8 Å². The van der Waals surface area contributed by atoms with E-state index in [0.29, 0.717) is 24.1 Å². The summed E-state index contributed by atoms with van der Waals surface area (Å²) in [6, 6.07) is 5.73. The number of aromatic nitrogens is 2. The van der Waals surface area contributed by atoms with Crippen molar-refractivity contribution in [3.8, 4) is 11.4 Å². The average molecular weight is 412 g/mol. The molecule has 156 valence electrons. The second-order valence-corrected chi connectivity index (χ2v) is 6.55. The summed E-state index contributed by atoms with van der Waals surface area (Å²) < 4.78 is 41.9. The third kappa shape index (κ3) is 4.56. The van der Waals surface area contributed by atoms with Crippen LogP contribution in [0.1, 0.15) is 31.2 Å². The lowest BCUT2D eigenvalue weighted by Gasteiger charge is -2.28. The molecule has 2 amide bonds. The van der Waals surface area contributed by atoms with Crippen molar-refractivity contribution in [1.82, 2.24) is 20.1 Å². The Kier molecular flexibility index (Phi) is 5.87. The van der Waals surface area contributed by atoms with E-state index < -0.39 is 18.1 Å². The zero-order valence-electron chi connectivity index (χ0n) is 15.8. The van der Waals surface area contributed by atoms with E-state index in [9.17, 15) is 22.8 Å². The topological polar surface area (TPSA) is 88.8 Å². The molecule has 0 spiro atoms. The highest BCUT2D eigenvalue weighted by atomic mass is 19.4. The molecule has 1 aliphatic rings. The van der Waals surface area contributed by atoms with E-state index in [1.54, 1.807) is 12.1 Å². The molecule has 0 N–H and O–H groups in total. The quantitative estimate of drug-likeness (QED) is 0.702. The van der Waals surface area contributed by atoms with Crippen molar-refractivity contribution in [2.75, 3.05) is 13.7 Å². The summed E-state index contributed by atoms with van der Waals surface area (Å²) >= 11 is 0. The van der Waals surface area contributed by atoms with E-state index in [-0.39, 0.29) is 24.2 Å². The number of halogens is 3.